The standard InChI is InChI=1S/C11H14O3/c12-10-7-2-5-1-6(4-7)9(11(13)14)8(10)3-5/h5-9H,1-4H2,(H,13,14)/t5-,6-,7-,8+,9-/m0/s1. The second-order valence-corrected chi connectivity index (χ2v) is 5.14. The van der Waals surface area contributed by atoms with Gasteiger partial charge in [-0.15, -0.1) is 0 Å². The minimum Gasteiger partial charge on any atom is -0.481 e. The fourth-order valence-electron chi connectivity index (χ4n) is 4.01. The van der Waals surface area contributed by atoms with Crippen molar-refractivity contribution in [1.82, 2.24) is 0 Å². The second-order valence-electron chi connectivity index (χ2n) is 5.14. The highest BCUT2D eigenvalue weighted by atomic mass is 16.4. The van der Waals surface area contributed by atoms with E-state index >= 15 is 0 Å². The molecule has 3 heteroatoms. The molecule has 3 nitrogen and oxygen atoms in total. The molecule has 0 radical (unpaired) electrons. The van der Waals surface area contributed by atoms with Crippen LogP contribution in [0.2, 0.25) is 0 Å². The van der Waals surface area contributed by atoms with E-state index in [4.69, 9.17) is 5.11 Å². The van der Waals surface area contributed by atoms with Crippen molar-refractivity contribution in [2.75, 3.05) is 0 Å². The van der Waals surface area contributed by atoms with Crippen molar-refractivity contribution in [3.05, 3.63) is 0 Å². The lowest BCUT2D eigenvalue weighted by atomic mass is 9.51. The number of ketones is 1. The zero-order valence-corrected chi connectivity index (χ0v) is 7.98. The first-order chi connectivity index (χ1) is 6.66. The number of hydrogen-bond donors (Lipinski definition) is 1. The van der Waals surface area contributed by atoms with Crippen LogP contribution >= 0.6 is 0 Å². The lowest BCUT2D eigenvalue weighted by molar-refractivity contribution is -0.164. The monoisotopic (exact) mass is 194 g/mol. The van der Waals surface area contributed by atoms with Gasteiger partial charge in [0.05, 0.1) is 5.92 Å². The summed E-state index contributed by atoms with van der Waals surface area (Å²) in [5, 5.41) is 9.11. The van der Waals surface area contributed by atoms with Crippen molar-refractivity contribution < 1.29 is 14.7 Å². The van der Waals surface area contributed by atoms with Crippen LogP contribution in [0, 0.1) is 29.6 Å². The van der Waals surface area contributed by atoms with Gasteiger partial charge in [0.1, 0.15) is 5.78 Å². The molecular weight excluding hydrogens is 180 g/mol. The molecule has 4 saturated carbocycles. The maximum absolute atomic E-state index is 11.8. The van der Waals surface area contributed by atoms with Crippen molar-refractivity contribution in [3.63, 3.8) is 0 Å². The molecule has 0 unspecified atom stereocenters. The molecule has 76 valence electrons. The number of Topliss-reactive ketones (excluding diaryl/α,β-unsaturated/α-hetero) is 1. The average Bonchev–Trinajstić information content (AvgIpc) is 2.12. The lowest BCUT2D eigenvalue weighted by Crippen LogP contribution is -2.53. The molecule has 4 aliphatic carbocycles. The summed E-state index contributed by atoms with van der Waals surface area (Å²) in [5.74, 6) is 0.189. The van der Waals surface area contributed by atoms with Crippen LogP contribution in [0.15, 0.2) is 0 Å². The highest BCUT2D eigenvalue weighted by Crippen LogP contribution is 2.54. The third-order valence-electron chi connectivity index (χ3n) is 4.42. The molecule has 14 heavy (non-hydrogen) atoms. The third-order valence-corrected chi connectivity index (χ3v) is 4.42. The summed E-state index contributed by atoms with van der Waals surface area (Å²) in [6, 6.07) is 0. The number of aliphatic carboxylic acids is 1. The molecule has 4 rings (SSSR count). The molecule has 5 atom stereocenters. The Kier molecular flexibility index (Phi) is 1.56. The zero-order chi connectivity index (χ0) is 9.87. The van der Waals surface area contributed by atoms with E-state index in [1.807, 2.05) is 0 Å². The van der Waals surface area contributed by atoms with Gasteiger partial charge in [-0.05, 0) is 37.5 Å². The molecule has 0 amide bonds. The summed E-state index contributed by atoms with van der Waals surface area (Å²) in [7, 11) is 0. The Labute approximate surface area is 82.5 Å². The van der Waals surface area contributed by atoms with Crippen LogP contribution in [0.5, 0.6) is 0 Å². The minimum atomic E-state index is -0.743. The van der Waals surface area contributed by atoms with E-state index in [2.05, 4.69) is 0 Å². The maximum atomic E-state index is 11.8. The molecule has 0 aromatic rings. The first-order valence-corrected chi connectivity index (χ1v) is 5.43. The summed E-state index contributed by atoms with van der Waals surface area (Å²) < 4.78 is 0. The number of carbonyl (C=O) groups excluding carboxylic acids is 1. The van der Waals surface area contributed by atoms with Crippen LogP contribution in [0.25, 0.3) is 0 Å². The summed E-state index contributed by atoms with van der Waals surface area (Å²) >= 11 is 0. The van der Waals surface area contributed by atoms with Crippen molar-refractivity contribution in [3.8, 4) is 0 Å². The van der Waals surface area contributed by atoms with E-state index in [0.29, 0.717) is 11.8 Å². The molecule has 4 fully saturated rings. The fourth-order valence-corrected chi connectivity index (χ4v) is 4.01. The van der Waals surface area contributed by atoms with Crippen LogP contribution in [-0.4, -0.2) is 16.9 Å². The Morgan fingerprint density at radius 2 is 2.00 bits per heavy atom. The van der Waals surface area contributed by atoms with E-state index in [1.54, 1.807) is 0 Å². The van der Waals surface area contributed by atoms with Crippen LogP contribution in [0.3, 0.4) is 0 Å². The number of carboxylic acids is 1. The Morgan fingerprint density at radius 1 is 1.21 bits per heavy atom. The number of rotatable bonds is 1. The molecule has 0 aliphatic heterocycles. The first-order valence-electron chi connectivity index (χ1n) is 5.43. The molecular formula is C11H14O3. The molecule has 0 heterocycles. The van der Waals surface area contributed by atoms with Crippen LogP contribution in [0.4, 0.5) is 0 Å². The van der Waals surface area contributed by atoms with E-state index in [-0.39, 0.29) is 23.5 Å². The van der Waals surface area contributed by atoms with Crippen LogP contribution in [0.1, 0.15) is 25.7 Å². The van der Waals surface area contributed by atoms with Gasteiger partial charge >= 0.3 is 5.97 Å². The van der Waals surface area contributed by atoms with Gasteiger partial charge in [0.2, 0.25) is 0 Å². The quantitative estimate of drug-likeness (QED) is 0.685. The fraction of sp³-hybridized carbons (Fsp3) is 0.818. The second kappa shape index (κ2) is 2.59. The Bertz CT molecular complexity index is 310. The predicted molar refractivity (Wildman–Crippen MR) is 48.6 cm³/mol. The normalized spacial score (nSPS) is 49.7. The van der Waals surface area contributed by atoms with E-state index < -0.39 is 5.97 Å². The summed E-state index contributed by atoms with van der Waals surface area (Å²) in [6.07, 6.45) is 3.79. The van der Waals surface area contributed by atoms with Gasteiger partial charge in [0, 0.05) is 11.8 Å². The van der Waals surface area contributed by atoms with E-state index in [9.17, 15) is 9.59 Å². The SMILES string of the molecule is O=C(O)[C@H]1[C@H]2C[C@H]3C[C@@H](C2)C(=O)[C@@H]1C3. The molecule has 0 aromatic heterocycles. The predicted octanol–water partition coefficient (Wildman–Crippen LogP) is 1.32. The Morgan fingerprint density at radius 3 is 2.71 bits per heavy atom. The van der Waals surface area contributed by atoms with Crippen LogP contribution in [-0.2, 0) is 9.59 Å². The van der Waals surface area contributed by atoms with Gasteiger partial charge in [0.15, 0.2) is 0 Å². The number of carbonyl (C=O) groups is 2. The Balaban J connectivity index is 1.97. The van der Waals surface area contributed by atoms with Gasteiger partial charge in [-0.3, -0.25) is 9.59 Å². The topological polar surface area (TPSA) is 54.4 Å². The molecule has 4 aliphatic rings. The van der Waals surface area contributed by atoms with E-state index in [0.717, 1.165) is 25.7 Å². The molecule has 4 bridgehead atoms. The third kappa shape index (κ3) is 0.928. The average molecular weight is 194 g/mol. The number of carboxylic acid groups (broad SMARTS) is 1. The van der Waals surface area contributed by atoms with Crippen molar-refractivity contribution >= 4 is 11.8 Å². The largest absolute Gasteiger partial charge is 0.481 e. The molecule has 0 spiro atoms. The highest BCUT2D eigenvalue weighted by molar-refractivity contribution is 5.90. The highest BCUT2D eigenvalue weighted by Gasteiger charge is 2.55. The molecule has 0 saturated heterocycles. The van der Waals surface area contributed by atoms with E-state index in [1.165, 1.54) is 0 Å². The van der Waals surface area contributed by atoms with Gasteiger partial charge in [-0.2, -0.15) is 0 Å². The van der Waals surface area contributed by atoms with Gasteiger partial charge in [-0.25, -0.2) is 0 Å². The lowest BCUT2D eigenvalue weighted by Gasteiger charge is -2.51. The van der Waals surface area contributed by atoms with Gasteiger partial charge in [-0.1, -0.05) is 0 Å². The van der Waals surface area contributed by atoms with Crippen molar-refractivity contribution in [2.24, 2.45) is 29.6 Å². The Hall–Kier alpha value is -0.860. The van der Waals surface area contributed by atoms with Crippen molar-refractivity contribution in [1.29, 1.82) is 0 Å². The summed E-state index contributed by atoms with van der Waals surface area (Å²) in [6.45, 7) is 0. The molecule has 1 N–H and O–H groups in total. The smallest absolute Gasteiger partial charge is 0.307 e. The number of hydrogen-bond acceptors (Lipinski definition) is 2. The van der Waals surface area contributed by atoms with Crippen molar-refractivity contribution in [2.45, 2.75) is 25.7 Å². The van der Waals surface area contributed by atoms with Crippen LogP contribution < -0.4 is 0 Å². The minimum absolute atomic E-state index is 0.135. The summed E-state index contributed by atoms with van der Waals surface area (Å²) in [5.41, 5.74) is 0. The zero-order valence-electron chi connectivity index (χ0n) is 7.98. The molecule has 0 aromatic carbocycles. The van der Waals surface area contributed by atoms with Gasteiger partial charge in [0.25, 0.3) is 0 Å². The first kappa shape index (κ1) is 8.45. The maximum Gasteiger partial charge on any atom is 0.307 e. The van der Waals surface area contributed by atoms with Gasteiger partial charge < -0.3 is 5.11 Å². The summed E-state index contributed by atoms with van der Waals surface area (Å²) in [4.78, 5) is 22.9.